The van der Waals surface area contributed by atoms with Crippen LogP contribution in [0.2, 0.25) is 0 Å². The zero-order chi connectivity index (χ0) is 19.2. The molecule has 1 aliphatic rings. The Hall–Kier alpha value is -3.14. The maximum atomic E-state index is 10.2. The van der Waals surface area contributed by atoms with Crippen LogP contribution < -0.4 is 10.6 Å². The first kappa shape index (κ1) is 17.3. The van der Waals surface area contributed by atoms with Crippen molar-refractivity contribution in [3.63, 3.8) is 0 Å². The van der Waals surface area contributed by atoms with Gasteiger partial charge in [-0.25, -0.2) is 9.98 Å². The molecule has 0 bridgehead atoms. The van der Waals surface area contributed by atoms with Gasteiger partial charge in [0.2, 0.25) is 5.89 Å². The molecule has 4 rings (SSSR count). The SMILES string of the molecule is CC1=c2ccccc2=NC1=Cc1nc(-c2ccc(C(C)(C)C)cc2)oc1O. The summed E-state index contributed by atoms with van der Waals surface area (Å²) in [6.07, 6.45) is 1.77. The van der Waals surface area contributed by atoms with E-state index in [1.807, 2.05) is 43.3 Å². The first-order valence-corrected chi connectivity index (χ1v) is 9.00. The van der Waals surface area contributed by atoms with E-state index < -0.39 is 0 Å². The molecule has 0 aliphatic carbocycles. The number of oxazole rings is 1. The van der Waals surface area contributed by atoms with Crippen LogP contribution in [0.1, 0.15) is 39.0 Å². The van der Waals surface area contributed by atoms with Crippen molar-refractivity contribution in [2.75, 3.05) is 0 Å². The van der Waals surface area contributed by atoms with Gasteiger partial charge < -0.3 is 9.52 Å². The second kappa shape index (κ2) is 6.23. The van der Waals surface area contributed by atoms with Gasteiger partial charge in [-0.2, -0.15) is 0 Å². The van der Waals surface area contributed by atoms with Crippen molar-refractivity contribution in [2.24, 2.45) is 4.99 Å². The van der Waals surface area contributed by atoms with Gasteiger partial charge in [0, 0.05) is 10.8 Å². The van der Waals surface area contributed by atoms with E-state index in [1.165, 1.54) is 5.56 Å². The lowest BCUT2D eigenvalue weighted by atomic mass is 9.87. The van der Waals surface area contributed by atoms with Crippen molar-refractivity contribution in [2.45, 2.75) is 33.1 Å². The lowest BCUT2D eigenvalue weighted by molar-refractivity contribution is 0.336. The Morgan fingerprint density at radius 2 is 1.70 bits per heavy atom. The molecule has 0 atom stereocenters. The highest BCUT2D eigenvalue weighted by Crippen LogP contribution is 2.31. The molecule has 2 aromatic carbocycles. The Balaban J connectivity index is 1.70. The summed E-state index contributed by atoms with van der Waals surface area (Å²) < 4.78 is 5.50. The molecule has 1 aromatic heterocycles. The van der Waals surface area contributed by atoms with Crippen molar-refractivity contribution in [3.8, 4) is 17.4 Å². The molecule has 0 spiro atoms. The Morgan fingerprint density at radius 3 is 2.37 bits per heavy atom. The fourth-order valence-electron chi connectivity index (χ4n) is 3.16. The third-order valence-corrected chi connectivity index (χ3v) is 4.84. The Kier molecular flexibility index (Phi) is 3.99. The summed E-state index contributed by atoms with van der Waals surface area (Å²) in [6, 6.07) is 16.0. The summed E-state index contributed by atoms with van der Waals surface area (Å²) in [6.45, 7) is 8.53. The van der Waals surface area contributed by atoms with Crippen LogP contribution >= 0.6 is 0 Å². The number of rotatable bonds is 2. The summed E-state index contributed by atoms with van der Waals surface area (Å²) in [5.41, 5.74) is 4.38. The average molecular weight is 358 g/mol. The highest BCUT2D eigenvalue weighted by atomic mass is 16.5. The van der Waals surface area contributed by atoms with Crippen molar-refractivity contribution in [3.05, 3.63) is 76.1 Å². The van der Waals surface area contributed by atoms with Crippen molar-refractivity contribution in [1.82, 2.24) is 4.98 Å². The second-order valence-corrected chi connectivity index (χ2v) is 7.82. The molecule has 0 fully saturated rings. The van der Waals surface area contributed by atoms with Crippen LogP contribution in [0, 0.1) is 0 Å². The van der Waals surface area contributed by atoms with Gasteiger partial charge in [0.15, 0.2) is 0 Å². The number of fused-ring (bicyclic) bond motifs is 1. The van der Waals surface area contributed by atoms with Crippen LogP contribution in [-0.2, 0) is 5.41 Å². The van der Waals surface area contributed by atoms with Gasteiger partial charge in [-0.15, -0.1) is 0 Å². The number of nitrogens with zero attached hydrogens (tertiary/aromatic N) is 2. The number of allylic oxidation sites excluding steroid dienone is 1. The minimum Gasteiger partial charge on any atom is -0.479 e. The Bertz CT molecular complexity index is 1160. The van der Waals surface area contributed by atoms with Crippen LogP contribution in [0.4, 0.5) is 0 Å². The molecule has 2 heterocycles. The number of aromatic hydroxyl groups is 1. The Morgan fingerprint density at radius 1 is 1.00 bits per heavy atom. The van der Waals surface area contributed by atoms with Crippen LogP contribution in [0.25, 0.3) is 23.1 Å². The summed E-state index contributed by atoms with van der Waals surface area (Å²) in [5, 5.41) is 12.2. The molecular formula is C23H22N2O2. The molecule has 0 unspecified atom stereocenters. The van der Waals surface area contributed by atoms with Crippen molar-refractivity contribution >= 4 is 11.6 Å². The molecule has 0 saturated heterocycles. The highest BCUT2D eigenvalue weighted by molar-refractivity contribution is 5.74. The van der Waals surface area contributed by atoms with Gasteiger partial charge in [0.25, 0.3) is 0 Å². The van der Waals surface area contributed by atoms with Gasteiger partial charge in [-0.1, -0.05) is 51.1 Å². The van der Waals surface area contributed by atoms with Gasteiger partial charge >= 0.3 is 5.95 Å². The van der Waals surface area contributed by atoms with Crippen LogP contribution in [0.15, 0.2) is 63.6 Å². The van der Waals surface area contributed by atoms with Crippen molar-refractivity contribution in [1.29, 1.82) is 0 Å². The van der Waals surface area contributed by atoms with Crippen LogP contribution in [0.5, 0.6) is 5.95 Å². The van der Waals surface area contributed by atoms with E-state index in [2.05, 4.69) is 42.9 Å². The predicted octanol–water partition coefficient (Wildman–Crippen LogP) is 4.19. The van der Waals surface area contributed by atoms with E-state index in [1.54, 1.807) is 6.08 Å². The molecule has 0 amide bonds. The zero-order valence-electron chi connectivity index (χ0n) is 15.9. The maximum Gasteiger partial charge on any atom is 0.310 e. The lowest BCUT2D eigenvalue weighted by Gasteiger charge is -2.18. The Labute approximate surface area is 158 Å². The number of benzene rings is 2. The van der Waals surface area contributed by atoms with E-state index in [9.17, 15) is 5.11 Å². The minimum atomic E-state index is -0.198. The first-order valence-electron chi connectivity index (χ1n) is 9.00. The van der Waals surface area contributed by atoms with Gasteiger partial charge in [0.05, 0.1) is 11.1 Å². The van der Waals surface area contributed by atoms with Crippen LogP contribution in [0.3, 0.4) is 0 Å². The number of hydrogen-bond donors (Lipinski definition) is 1. The summed E-state index contributed by atoms with van der Waals surface area (Å²) in [4.78, 5) is 9.09. The molecule has 27 heavy (non-hydrogen) atoms. The third-order valence-electron chi connectivity index (χ3n) is 4.84. The van der Waals surface area contributed by atoms with E-state index in [0.29, 0.717) is 11.6 Å². The van der Waals surface area contributed by atoms with E-state index in [-0.39, 0.29) is 11.4 Å². The highest BCUT2D eigenvalue weighted by Gasteiger charge is 2.17. The number of aromatic nitrogens is 1. The quantitative estimate of drug-likeness (QED) is 0.747. The molecule has 3 aromatic rings. The molecule has 4 heteroatoms. The van der Waals surface area contributed by atoms with E-state index in [4.69, 9.17) is 4.42 Å². The molecule has 0 radical (unpaired) electrons. The summed E-state index contributed by atoms with van der Waals surface area (Å²) in [7, 11) is 0. The minimum absolute atomic E-state index is 0.0825. The standard InChI is InChI=1S/C23H22N2O2/c1-14-17-7-5-6-8-18(17)24-19(14)13-20-22(26)27-21(25-20)15-9-11-16(12-10-15)23(2,3)4/h5-13,26H,1-4H3. The fourth-order valence-corrected chi connectivity index (χ4v) is 3.16. The molecule has 136 valence electrons. The van der Waals surface area contributed by atoms with E-state index >= 15 is 0 Å². The van der Waals surface area contributed by atoms with Crippen molar-refractivity contribution < 1.29 is 9.52 Å². The first-order chi connectivity index (χ1) is 12.8. The molecule has 1 N–H and O–H groups in total. The second-order valence-electron chi connectivity index (χ2n) is 7.82. The topological polar surface area (TPSA) is 58.6 Å². The third kappa shape index (κ3) is 3.19. The maximum absolute atomic E-state index is 10.2. The average Bonchev–Trinajstić information content (AvgIpc) is 3.16. The number of para-hydroxylation sites is 1. The lowest BCUT2D eigenvalue weighted by Crippen LogP contribution is -2.21. The predicted molar refractivity (Wildman–Crippen MR) is 107 cm³/mol. The molecular weight excluding hydrogens is 336 g/mol. The van der Waals surface area contributed by atoms with Gasteiger partial charge in [-0.3, -0.25) is 0 Å². The van der Waals surface area contributed by atoms with Gasteiger partial charge in [-0.05, 0) is 47.8 Å². The normalized spacial score (nSPS) is 15.1. The monoisotopic (exact) mass is 358 g/mol. The number of hydrogen-bond acceptors (Lipinski definition) is 4. The molecule has 1 aliphatic heterocycles. The summed E-state index contributed by atoms with van der Waals surface area (Å²) >= 11 is 0. The largest absolute Gasteiger partial charge is 0.479 e. The zero-order valence-corrected chi connectivity index (χ0v) is 15.9. The van der Waals surface area contributed by atoms with Gasteiger partial charge in [0.1, 0.15) is 5.69 Å². The van der Waals surface area contributed by atoms with E-state index in [0.717, 1.165) is 27.4 Å². The summed E-state index contributed by atoms with van der Waals surface area (Å²) in [5.74, 6) is 0.198. The molecule has 4 nitrogen and oxygen atoms in total. The van der Waals surface area contributed by atoms with Crippen LogP contribution in [-0.4, -0.2) is 10.1 Å². The fraction of sp³-hybridized carbons (Fsp3) is 0.217. The molecule has 0 saturated carbocycles. The smallest absolute Gasteiger partial charge is 0.310 e.